The maximum atomic E-state index is 13.4. The van der Waals surface area contributed by atoms with Crippen molar-refractivity contribution in [3.8, 4) is 0 Å². The Bertz CT molecular complexity index is 884. The van der Waals surface area contributed by atoms with E-state index in [1.54, 1.807) is 8.71 Å². The quantitative estimate of drug-likeness (QED) is 0.811. The molecule has 2 aliphatic rings. The fourth-order valence-corrected chi connectivity index (χ4v) is 6.29. The summed E-state index contributed by atoms with van der Waals surface area (Å²) >= 11 is 1.51. The van der Waals surface area contributed by atoms with Gasteiger partial charge in [0.1, 0.15) is 0 Å². The van der Waals surface area contributed by atoms with Crippen molar-refractivity contribution in [3.63, 3.8) is 0 Å². The minimum atomic E-state index is -3.62. The van der Waals surface area contributed by atoms with E-state index >= 15 is 0 Å². The van der Waals surface area contributed by atoms with Crippen LogP contribution in [0.15, 0.2) is 11.2 Å². The van der Waals surface area contributed by atoms with Gasteiger partial charge in [0.25, 0.3) is 10.0 Å². The number of piperidine rings is 1. The number of thiazole rings is 1. The van der Waals surface area contributed by atoms with E-state index in [0.717, 1.165) is 9.84 Å². The first-order chi connectivity index (χ1) is 11.8. The maximum absolute atomic E-state index is 13.4. The lowest BCUT2D eigenvalue weighted by Gasteiger charge is -2.36. The largest absolute Gasteiger partial charge is 0.347 e. The summed E-state index contributed by atoms with van der Waals surface area (Å²) in [5.41, 5.74) is 0.639. The number of aromatic nitrogens is 2. The van der Waals surface area contributed by atoms with E-state index in [9.17, 15) is 8.42 Å². The molecule has 2 aromatic rings. The normalized spacial score (nSPS) is 21.8. The third-order valence-corrected chi connectivity index (χ3v) is 7.69. The molecule has 138 valence electrons. The summed E-state index contributed by atoms with van der Waals surface area (Å²) < 4.78 is 41.5. The summed E-state index contributed by atoms with van der Waals surface area (Å²) in [6, 6.07) is 0. The first-order valence-corrected chi connectivity index (χ1v) is 10.8. The molecule has 0 atom stereocenters. The smallest absolute Gasteiger partial charge is 0.261 e. The predicted octanol–water partition coefficient (Wildman–Crippen LogP) is 2.36. The highest BCUT2D eigenvalue weighted by Crippen LogP contribution is 2.36. The first-order valence-electron chi connectivity index (χ1n) is 8.59. The molecule has 2 fully saturated rings. The van der Waals surface area contributed by atoms with Crippen molar-refractivity contribution < 1.29 is 17.9 Å². The van der Waals surface area contributed by atoms with Gasteiger partial charge in [0, 0.05) is 37.0 Å². The standard InChI is InChI=1S/C16H23N3O4S2/c1-11(2)13-14(19-10-12(3)24-15(19)17-13)25(20,21)18-6-4-16(5-7-18)22-8-9-23-16/h10-11H,4-9H2,1-3H3. The van der Waals surface area contributed by atoms with Crippen LogP contribution in [0.1, 0.15) is 43.2 Å². The number of hydrogen-bond acceptors (Lipinski definition) is 6. The van der Waals surface area contributed by atoms with Gasteiger partial charge < -0.3 is 9.47 Å². The molecule has 1 spiro atoms. The highest BCUT2D eigenvalue weighted by molar-refractivity contribution is 7.89. The van der Waals surface area contributed by atoms with Gasteiger partial charge in [-0.05, 0) is 12.8 Å². The van der Waals surface area contributed by atoms with Crippen LogP contribution < -0.4 is 0 Å². The molecule has 2 aliphatic heterocycles. The average molecular weight is 386 g/mol. The lowest BCUT2D eigenvalue weighted by molar-refractivity contribution is -0.179. The van der Waals surface area contributed by atoms with Crippen molar-refractivity contribution in [2.45, 2.75) is 50.3 Å². The summed E-state index contributed by atoms with van der Waals surface area (Å²) in [5, 5.41) is 0.311. The van der Waals surface area contributed by atoms with Crippen molar-refractivity contribution in [2.24, 2.45) is 0 Å². The van der Waals surface area contributed by atoms with E-state index < -0.39 is 15.8 Å². The molecule has 4 heterocycles. The number of nitrogens with zero attached hydrogens (tertiary/aromatic N) is 3. The Balaban J connectivity index is 1.70. The zero-order valence-electron chi connectivity index (χ0n) is 14.7. The molecule has 0 unspecified atom stereocenters. The van der Waals surface area contributed by atoms with Crippen LogP contribution in [-0.2, 0) is 19.5 Å². The molecular formula is C16H23N3O4S2. The fraction of sp³-hybridized carbons (Fsp3) is 0.688. The number of ether oxygens (including phenoxy) is 2. The number of rotatable bonds is 3. The predicted molar refractivity (Wildman–Crippen MR) is 94.5 cm³/mol. The summed E-state index contributed by atoms with van der Waals surface area (Å²) in [7, 11) is -3.62. The molecule has 0 saturated carbocycles. The van der Waals surface area contributed by atoms with Crippen molar-refractivity contribution >= 4 is 26.3 Å². The minimum Gasteiger partial charge on any atom is -0.347 e. The van der Waals surface area contributed by atoms with Crippen LogP contribution in [0.2, 0.25) is 0 Å². The minimum absolute atomic E-state index is 0.0369. The van der Waals surface area contributed by atoms with Gasteiger partial charge in [0.2, 0.25) is 0 Å². The second-order valence-electron chi connectivity index (χ2n) is 6.96. The van der Waals surface area contributed by atoms with Gasteiger partial charge >= 0.3 is 0 Å². The zero-order valence-corrected chi connectivity index (χ0v) is 16.3. The van der Waals surface area contributed by atoms with Crippen LogP contribution in [-0.4, -0.2) is 54.2 Å². The third-order valence-electron chi connectivity index (χ3n) is 4.85. The van der Waals surface area contributed by atoms with E-state index in [0.29, 0.717) is 49.9 Å². The lowest BCUT2D eigenvalue weighted by atomic mass is 10.1. The lowest BCUT2D eigenvalue weighted by Crippen LogP contribution is -2.47. The highest BCUT2D eigenvalue weighted by Gasteiger charge is 2.44. The van der Waals surface area contributed by atoms with Gasteiger partial charge in [-0.25, -0.2) is 13.4 Å². The second kappa shape index (κ2) is 6.02. The highest BCUT2D eigenvalue weighted by atomic mass is 32.2. The van der Waals surface area contributed by atoms with E-state index in [4.69, 9.17) is 9.47 Å². The Morgan fingerprint density at radius 2 is 1.88 bits per heavy atom. The van der Waals surface area contributed by atoms with Gasteiger partial charge in [-0.1, -0.05) is 13.8 Å². The van der Waals surface area contributed by atoms with Gasteiger partial charge in [-0.15, -0.1) is 11.3 Å². The van der Waals surface area contributed by atoms with Crippen LogP contribution in [0.4, 0.5) is 0 Å². The summed E-state index contributed by atoms with van der Waals surface area (Å²) in [6.45, 7) is 7.88. The molecule has 4 rings (SSSR count). The van der Waals surface area contributed by atoms with Gasteiger partial charge in [-0.2, -0.15) is 4.31 Å². The Hall–Kier alpha value is -1.00. The van der Waals surface area contributed by atoms with Crippen molar-refractivity contribution in [1.29, 1.82) is 0 Å². The Morgan fingerprint density at radius 3 is 2.48 bits per heavy atom. The molecule has 2 saturated heterocycles. The summed E-state index contributed by atoms with van der Waals surface area (Å²) in [4.78, 5) is 6.36. The van der Waals surface area contributed by atoms with Gasteiger partial charge in [0.15, 0.2) is 15.8 Å². The van der Waals surface area contributed by atoms with Crippen LogP contribution >= 0.6 is 11.3 Å². The molecular weight excluding hydrogens is 362 g/mol. The van der Waals surface area contributed by atoms with E-state index in [1.807, 2.05) is 27.0 Å². The number of sulfonamides is 1. The molecule has 0 amide bonds. The van der Waals surface area contributed by atoms with Crippen LogP contribution in [0, 0.1) is 6.92 Å². The Morgan fingerprint density at radius 1 is 1.24 bits per heavy atom. The molecule has 0 aromatic carbocycles. The van der Waals surface area contributed by atoms with Crippen LogP contribution in [0.25, 0.3) is 4.96 Å². The number of fused-ring (bicyclic) bond motifs is 1. The monoisotopic (exact) mass is 385 g/mol. The SMILES string of the molecule is Cc1cn2c(S(=O)(=O)N3CCC4(CC3)OCCO4)c(C(C)C)nc2s1. The van der Waals surface area contributed by atoms with E-state index in [-0.39, 0.29) is 5.92 Å². The summed E-state index contributed by atoms with van der Waals surface area (Å²) in [5.74, 6) is -0.548. The van der Waals surface area contributed by atoms with Crippen LogP contribution in [0.5, 0.6) is 0 Å². The Labute approximate surface area is 151 Å². The maximum Gasteiger partial charge on any atom is 0.261 e. The molecule has 0 radical (unpaired) electrons. The summed E-state index contributed by atoms with van der Waals surface area (Å²) in [6.07, 6.45) is 2.99. The average Bonchev–Trinajstić information content (AvgIpc) is 3.22. The number of aryl methyl sites for hydroxylation is 1. The van der Waals surface area contributed by atoms with E-state index in [2.05, 4.69) is 4.98 Å². The topological polar surface area (TPSA) is 73.1 Å². The molecule has 9 heteroatoms. The van der Waals surface area contributed by atoms with Crippen molar-refractivity contribution in [2.75, 3.05) is 26.3 Å². The number of hydrogen-bond donors (Lipinski definition) is 0. The van der Waals surface area contributed by atoms with Gasteiger partial charge in [0.05, 0.1) is 18.9 Å². The molecule has 0 aliphatic carbocycles. The first kappa shape index (κ1) is 17.4. The molecule has 0 N–H and O–H groups in total. The second-order valence-corrected chi connectivity index (χ2v) is 10.0. The zero-order chi connectivity index (χ0) is 17.8. The molecule has 0 bridgehead atoms. The van der Waals surface area contributed by atoms with Crippen molar-refractivity contribution in [3.05, 3.63) is 16.8 Å². The van der Waals surface area contributed by atoms with Crippen molar-refractivity contribution in [1.82, 2.24) is 13.7 Å². The fourth-order valence-electron chi connectivity index (χ4n) is 3.56. The third kappa shape index (κ3) is 2.82. The van der Waals surface area contributed by atoms with Gasteiger partial charge in [-0.3, -0.25) is 4.40 Å². The van der Waals surface area contributed by atoms with E-state index in [1.165, 1.54) is 11.3 Å². The molecule has 25 heavy (non-hydrogen) atoms. The number of imidazole rings is 1. The molecule has 7 nitrogen and oxygen atoms in total. The molecule has 2 aromatic heterocycles. The van der Waals surface area contributed by atoms with Crippen LogP contribution in [0.3, 0.4) is 0 Å². The Kier molecular flexibility index (Phi) is 4.19.